The summed E-state index contributed by atoms with van der Waals surface area (Å²) in [6, 6.07) is 14.3. The van der Waals surface area contributed by atoms with Crippen molar-refractivity contribution in [1.29, 1.82) is 0 Å². The molecule has 0 amide bonds. The number of hydrogen-bond acceptors (Lipinski definition) is 3. The minimum Gasteiger partial charge on any atom is -0.493 e. The van der Waals surface area contributed by atoms with Crippen LogP contribution < -0.4 is 15.4 Å². The van der Waals surface area contributed by atoms with Crippen LogP contribution in [0.4, 0.5) is 4.39 Å². The van der Waals surface area contributed by atoms with Crippen LogP contribution in [0.15, 0.2) is 53.5 Å². The number of guanidine groups is 1. The Morgan fingerprint density at radius 3 is 2.37 bits per heavy atom. The fourth-order valence-corrected chi connectivity index (χ4v) is 2.33. The third-order valence-electron chi connectivity index (χ3n) is 3.72. The van der Waals surface area contributed by atoms with Gasteiger partial charge in [0.05, 0.1) is 6.61 Å². The summed E-state index contributed by atoms with van der Waals surface area (Å²) in [5, 5.41) is 6.47. The summed E-state index contributed by atoms with van der Waals surface area (Å²) in [4.78, 5) is 4.20. The molecule has 27 heavy (non-hydrogen) atoms. The predicted molar refractivity (Wildman–Crippen MR) is 117 cm³/mol. The standard InChI is InChI=1S/C20H26FN3O2.HI/c1-22-20(23-14-16-7-9-18(21)10-8-16)24-15-17-5-3-6-19(13-17)26-12-4-11-25-2;/h3,5-10,13H,4,11-12,14-15H2,1-2H3,(H2,22,23,24);1H. The third kappa shape index (κ3) is 9.05. The Labute approximate surface area is 177 Å². The fraction of sp³-hybridized carbons (Fsp3) is 0.350. The molecule has 0 aliphatic heterocycles. The number of methoxy groups -OCH3 is 1. The van der Waals surface area contributed by atoms with E-state index in [0.717, 1.165) is 23.3 Å². The van der Waals surface area contributed by atoms with Crippen molar-refractivity contribution in [3.63, 3.8) is 0 Å². The van der Waals surface area contributed by atoms with Gasteiger partial charge in [0.25, 0.3) is 0 Å². The summed E-state index contributed by atoms with van der Waals surface area (Å²) >= 11 is 0. The van der Waals surface area contributed by atoms with E-state index >= 15 is 0 Å². The number of benzene rings is 2. The predicted octanol–water partition coefficient (Wildman–Crippen LogP) is 3.72. The van der Waals surface area contributed by atoms with E-state index in [4.69, 9.17) is 9.47 Å². The zero-order valence-electron chi connectivity index (χ0n) is 15.7. The van der Waals surface area contributed by atoms with Gasteiger partial charge in [-0.15, -0.1) is 24.0 Å². The molecule has 0 saturated carbocycles. The topological polar surface area (TPSA) is 54.9 Å². The van der Waals surface area contributed by atoms with E-state index in [-0.39, 0.29) is 29.8 Å². The first-order chi connectivity index (χ1) is 12.7. The first-order valence-electron chi connectivity index (χ1n) is 8.61. The Bertz CT molecular complexity index is 696. The zero-order chi connectivity index (χ0) is 18.6. The molecule has 0 aromatic heterocycles. The maximum absolute atomic E-state index is 12.9. The Morgan fingerprint density at radius 1 is 1.00 bits per heavy atom. The van der Waals surface area contributed by atoms with Crippen molar-refractivity contribution in [2.45, 2.75) is 19.5 Å². The lowest BCUT2D eigenvalue weighted by Gasteiger charge is -2.13. The lowest BCUT2D eigenvalue weighted by Crippen LogP contribution is -2.36. The zero-order valence-corrected chi connectivity index (χ0v) is 18.0. The molecule has 0 fully saturated rings. The van der Waals surface area contributed by atoms with E-state index in [0.29, 0.717) is 32.3 Å². The first kappa shape index (κ1) is 23.2. The minimum absolute atomic E-state index is 0. The van der Waals surface area contributed by atoms with E-state index in [1.165, 1.54) is 12.1 Å². The largest absolute Gasteiger partial charge is 0.493 e. The maximum atomic E-state index is 12.9. The van der Waals surface area contributed by atoms with E-state index in [9.17, 15) is 4.39 Å². The first-order valence-corrected chi connectivity index (χ1v) is 8.61. The van der Waals surface area contributed by atoms with Gasteiger partial charge in [-0.05, 0) is 35.4 Å². The van der Waals surface area contributed by atoms with Crippen LogP contribution in [0.25, 0.3) is 0 Å². The van der Waals surface area contributed by atoms with Crippen LogP contribution in [0.5, 0.6) is 5.75 Å². The SMILES string of the molecule is CN=C(NCc1ccc(F)cc1)NCc1cccc(OCCCOC)c1.I. The highest BCUT2D eigenvalue weighted by Crippen LogP contribution is 2.13. The molecule has 0 unspecified atom stereocenters. The van der Waals surface area contributed by atoms with Gasteiger partial charge in [-0.1, -0.05) is 24.3 Å². The Morgan fingerprint density at radius 2 is 1.70 bits per heavy atom. The molecule has 0 bridgehead atoms. The monoisotopic (exact) mass is 487 g/mol. The van der Waals surface area contributed by atoms with Crippen molar-refractivity contribution in [2.75, 3.05) is 27.4 Å². The molecule has 2 rings (SSSR count). The quantitative estimate of drug-likeness (QED) is 0.245. The van der Waals surface area contributed by atoms with Crippen molar-refractivity contribution >= 4 is 29.9 Å². The van der Waals surface area contributed by atoms with Gasteiger partial charge < -0.3 is 20.1 Å². The highest BCUT2D eigenvalue weighted by atomic mass is 127. The molecule has 0 aliphatic carbocycles. The van der Waals surface area contributed by atoms with Gasteiger partial charge in [0.1, 0.15) is 11.6 Å². The van der Waals surface area contributed by atoms with Gasteiger partial charge in [-0.25, -0.2) is 4.39 Å². The highest BCUT2D eigenvalue weighted by Gasteiger charge is 2.01. The van der Waals surface area contributed by atoms with Crippen molar-refractivity contribution in [1.82, 2.24) is 10.6 Å². The second-order valence-electron chi connectivity index (χ2n) is 5.75. The molecular weight excluding hydrogens is 460 g/mol. The molecule has 0 aliphatic rings. The minimum atomic E-state index is -0.236. The Hall–Kier alpha value is -1.87. The molecule has 148 valence electrons. The summed E-state index contributed by atoms with van der Waals surface area (Å²) in [5.41, 5.74) is 2.08. The Balaban J connectivity index is 0.00000364. The molecule has 7 heteroatoms. The van der Waals surface area contributed by atoms with Crippen LogP contribution in [0.2, 0.25) is 0 Å². The second-order valence-corrected chi connectivity index (χ2v) is 5.75. The van der Waals surface area contributed by atoms with E-state index in [2.05, 4.69) is 15.6 Å². The van der Waals surface area contributed by atoms with Gasteiger partial charge in [0.15, 0.2) is 5.96 Å². The van der Waals surface area contributed by atoms with Crippen molar-refractivity contribution in [2.24, 2.45) is 4.99 Å². The van der Waals surface area contributed by atoms with Crippen LogP contribution in [-0.2, 0) is 17.8 Å². The summed E-state index contributed by atoms with van der Waals surface area (Å²) < 4.78 is 23.7. The lowest BCUT2D eigenvalue weighted by molar-refractivity contribution is 0.172. The number of nitrogens with one attached hydrogen (secondary N) is 2. The molecule has 2 aromatic rings. The summed E-state index contributed by atoms with van der Waals surface area (Å²) in [6.45, 7) is 2.52. The summed E-state index contributed by atoms with van der Waals surface area (Å²) in [6.07, 6.45) is 0.860. The van der Waals surface area contributed by atoms with Gasteiger partial charge in [-0.2, -0.15) is 0 Å². The third-order valence-corrected chi connectivity index (χ3v) is 3.72. The molecule has 0 spiro atoms. The average molecular weight is 487 g/mol. The molecule has 2 aromatic carbocycles. The summed E-state index contributed by atoms with van der Waals surface area (Å²) in [7, 11) is 3.40. The van der Waals surface area contributed by atoms with Crippen LogP contribution in [0, 0.1) is 5.82 Å². The number of rotatable bonds is 9. The van der Waals surface area contributed by atoms with Gasteiger partial charge in [-0.3, -0.25) is 4.99 Å². The van der Waals surface area contributed by atoms with Crippen molar-refractivity contribution < 1.29 is 13.9 Å². The fourth-order valence-electron chi connectivity index (χ4n) is 2.33. The van der Waals surface area contributed by atoms with Crippen molar-refractivity contribution in [3.8, 4) is 5.75 Å². The Kier molecular flexibility index (Phi) is 11.4. The van der Waals surface area contributed by atoms with Crippen molar-refractivity contribution in [3.05, 3.63) is 65.5 Å². The van der Waals surface area contributed by atoms with Crippen LogP contribution in [0.3, 0.4) is 0 Å². The van der Waals surface area contributed by atoms with E-state index in [1.807, 2.05) is 24.3 Å². The second kappa shape index (κ2) is 13.3. The summed E-state index contributed by atoms with van der Waals surface area (Å²) in [5.74, 6) is 1.29. The molecular formula is C20H27FIN3O2. The molecule has 2 N–H and O–H groups in total. The molecule has 0 saturated heterocycles. The number of halogens is 2. The lowest BCUT2D eigenvalue weighted by atomic mass is 10.2. The average Bonchev–Trinajstić information content (AvgIpc) is 2.67. The molecule has 0 atom stereocenters. The van der Waals surface area contributed by atoms with Crippen LogP contribution in [0.1, 0.15) is 17.5 Å². The highest BCUT2D eigenvalue weighted by molar-refractivity contribution is 14.0. The van der Waals surface area contributed by atoms with E-state index in [1.54, 1.807) is 26.3 Å². The van der Waals surface area contributed by atoms with Crippen LogP contribution in [-0.4, -0.2) is 33.3 Å². The van der Waals surface area contributed by atoms with Crippen LogP contribution >= 0.6 is 24.0 Å². The van der Waals surface area contributed by atoms with Gasteiger partial charge in [0, 0.05) is 40.3 Å². The number of hydrogen-bond donors (Lipinski definition) is 2. The van der Waals surface area contributed by atoms with Gasteiger partial charge in [0.2, 0.25) is 0 Å². The van der Waals surface area contributed by atoms with E-state index < -0.39 is 0 Å². The number of aliphatic imine (C=N–C) groups is 1. The number of ether oxygens (including phenoxy) is 2. The smallest absolute Gasteiger partial charge is 0.191 e. The van der Waals surface area contributed by atoms with Gasteiger partial charge >= 0.3 is 0 Å². The number of nitrogens with zero attached hydrogens (tertiary/aromatic N) is 1. The molecule has 5 nitrogen and oxygen atoms in total. The normalized spacial score (nSPS) is 10.9. The molecule has 0 heterocycles. The molecule has 0 radical (unpaired) electrons. The maximum Gasteiger partial charge on any atom is 0.191 e.